The molecule has 2 aromatic rings. The Labute approximate surface area is 173 Å². The van der Waals surface area contributed by atoms with Crippen LogP contribution in [0.3, 0.4) is 0 Å². The number of aliphatic hydroxyl groups is 1. The zero-order valence-electron chi connectivity index (χ0n) is 17.1. The Morgan fingerprint density at radius 3 is 1.76 bits per heavy atom. The Hall–Kier alpha value is -2.35. The molecule has 29 heavy (non-hydrogen) atoms. The maximum atomic E-state index is 12.8. The number of rotatable bonds is 11. The lowest BCUT2D eigenvalue weighted by molar-refractivity contribution is 0.0291. The van der Waals surface area contributed by atoms with E-state index in [4.69, 9.17) is 9.47 Å². The summed E-state index contributed by atoms with van der Waals surface area (Å²) < 4.78 is 38.4. The summed E-state index contributed by atoms with van der Waals surface area (Å²) >= 11 is 0. The highest BCUT2D eigenvalue weighted by Gasteiger charge is 2.35. The maximum Gasteiger partial charge on any atom is 0.216 e. The van der Waals surface area contributed by atoms with Gasteiger partial charge in [0.15, 0.2) is 0 Å². The average Bonchev–Trinajstić information content (AvgIpc) is 2.68. The topological polar surface area (TPSA) is 84.9 Å². The van der Waals surface area contributed by atoms with E-state index in [1.807, 2.05) is 0 Å². The van der Waals surface area contributed by atoms with E-state index >= 15 is 0 Å². The summed E-state index contributed by atoms with van der Waals surface area (Å²) in [5.41, 5.74) is -0.140. The van der Waals surface area contributed by atoms with Crippen LogP contribution in [0.2, 0.25) is 0 Å². The molecule has 0 amide bonds. The van der Waals surface area contributed by atoms with Gasteiger partial charge < -0.3 is 14.6 Å². The summed E-state index contributed by atoms with van der Waals surface area (Å²) in [4.78, 5) is 0. The minimum atomic E-state index is -3.77. The number of hydrogen-bond acceptors (Lipinski definition) is 5. The van der Waals surface area contributed by atoms with E-state index in [1.54, 1.807) is 75.8 Å². The van der Waals surface area contributed by atoms with Gasteiger partial charge >= 0.3 is 0 Å². The molecule has 0 saturated heterocycles. The molecule has 0 saturated carbocycles. The van der Waals surface area contributed by atoms with Crippen LogP contribution in [0.15, 0.2) is 61.2 Å². The Balaban J connectivity index is 2.32. The normalized spacial score (nSPS) is 13.0. The van der Waals surface area contributed by atoms with Gasteiger partial charge in [-0.25, -0.2) is 8.42 Å². The molecule has 0 bridgehead atoms. The molecule has 0 aliphatic heterocycles. The highest BCUT2D eigenvalue weighted by atomic mass is 32.2. The second kappa shape index (κ2) is 9.91. The molecule has 0 radical (unpaired) electrons. The number of benzene rings is 2. The second-order valence-electron chi connectivity index (χ2n) is 7.06. The van der Waals surface area contributed by atoms with Crippen molar-refractivity contribution in [1.29, 1.82) is 0 Å². The van der Waals surface area contributed by atoms with Gasteiger partial charge in [-0.2, -0.15) is 4.72 Å². The fraction of sp³-hybridized carbons (Fsp3) is 0.364. The molecule has 2 N–H and O–H groups in total. The summed E-state index contributed by atoms with van der Waals surface area (Å²) in [6, 6.07) is 14.3. The van der Waals surface area contributed by atoms with Gasteiger partial charge in [0.2, 0.25) is 10.0 Å². The third-order valence-electron chi connectivity index (χ3n) is 4.67. The maximum absolute atomic E-state index is 12.8. The first-order chi connectivity index (χ1) is 13.7. The third-order valence-corrected chi connectivity index (χ3v) is 6.59. The van der Waals surface area contributed by atoms with Crippen molar-refractivity contribution in [3.05, 3.63) is 72.3 Å². The second-order valence-corrected chi connectivity index (χ2v) is 9.16. The molecule has 0 unspecified atom stereocenters. The van der Waals surface area contributed by atoms with E-state index in [1.165, 1.54) is 0 Å². The minimum absolute atomic E-state index is 0.100. The van der Waals surface area contributed by atoms with Crippen molar-refractivity contribution in [2.24, 2.45) is 0 Å². The number of allylic oxidation sites excluding steroid dienone is 1. The number of methoxy groups -OCH3 is 2. The van der Waals surface area contributed by atoms with E-state index < -0.39 is 21.0 Å². The Morgan fingerprint density at radius 2 is 1.41 bits per heavy atom. The molecular formula is C22H29NO5S. The van der Waals surface area contributed by atoms with Gasteiger partial charge in [-0.15, -0.1) is 6.58 Å². The summed E-state index contributed by atoms with van der Waals surface area (Å²) in [5, 5.41) is 10.6. The van der Waals surface area contributed by atoms with E-state index in [-0.39, 0.29) is 19.3 Å². The van der Waals surface area contributed by atoms with Gasteiger partial charge in [-0.05, 0) is 48.7 Å². The summed E-state index contributed by atoms with van der Waals surface area (Å²) in [5.74, 6) is 1.38. The largest absolute Gasteiger partial charge is 0.497 e. The fourth-order valence-electron chi connectivity index (χ4n) is 3.02. The van der Waals surface area contributed by atoms with Crippen LogP contribution in [-0.4, -0.2) is 38.7 Å². The Bertz CT molecular complexity index is 842. The molecule has 2 rings (SSSR count). The third kappa shape index (κ3) is 6.59. The molecule has 0 aliphatic rings. The molecular weight excluding hydrogens is 390 g/mol. The van der Waals surface area contributed by atoms with Gasteiger partial charge in [0.25, 0.3) is 0 Å². The van der Waals surface area contributed by atoms with Crippen LogP contribution in [0.1, 0.15) is 24.5 Å². The first kappa shape index (κ1) is 22.9. The van der Waals surface area contributed by atoms with E-state index in [2.05, 4.69) is 11.3 Å². The lowest BCUT2D eigenvalue weighted by Gasteiger charge is -2.31. The van der Waals surface area contributed by atoms with Crippen molar-refractivity contribution in [3.63, 3.8) is 0 Å². The van der Waals surface area contributed by atoms with Crippen LogP contribution < -0.4 is 14.2 Å². The first-order valence-corrected chi connectivity index (χ1v) is 10.9. The van der Waals surface area contributed by atoms with Crippen molar-refractivity contribution in [3.8, 4) is 11.5 Å². The average molecular weight is 420 g/mol. The van der Waals surface area contributed by atoms with Gasteiger partial charge in [-0.1, -0.05) is 30.3 Å². The standard InChI is InChI=1S/C22H29NO5S/c1-5-6-17(2)29(25,26)23-22(24,15-18-7-11-20(27-3)12-8-18)16-19-9-13-21(28-4)14-10-19/h5,7-14,17,23-24H,1,6,15-16H2,2-4H3/t17-/m1/s1. The van der Waals surface area contributed by atoms with Crippen molar-refractivity contribution in [2.75, 3.05) is 14.2 Å². The SMILES string of the molecule is C=CC[C@@H](C)S(=O)(=O)NC(O)(Cc1ccc(OC)cc1)Cc1ccc(OC)cc1. The van der Waals surface area contributed by atoms with Crippen LogP contribution in [0.25, 0.3) is 0 Å². The van der Waals surface area contributed by atoms with Crippen LogP contribution >= 0.6 is 0 Å². The smallest absolute Gasteiger partial charge is 0.216 e. The van der Waals surface area contributed by atoms with Gasteiger partial charge in [0.05, 0.1) is 19.5 Å². The monoisotopic (exact) mass is 419 g/mol. The van der Waals surface area contributed by atoms with Gasteiger partial charge in [0, 0.05) is 12.8 Å². The highest BCUT2D eigenvalue weighted by Crippen LogP contribution is 2.23. The molecule has 158 valence electrons. The minimum Gasteiger partial charge on any atom is -0.497 e. The Kier molecular flexibility index (Phi) is 7.84. The number of hydrogen-bond donors (Lipinski definition) is 2. The van der Waals surface area contributed by atoms with Gasteiger partial charge in [-0.3, -0.25) is 0 Å². The van der Waals surface area contributed by atoms with Crippen molar-refractivity contribution >= 4 is 10.0 Å². The van der Waals surface area contributed by atoms with Gasteiger partial charge in [0.1, 0.15) is 17.2 Å². The molecule has 0 spiro atoms. The fourth-order valence-corrected chi connectivity index (χ4v) is 4.29. The molecule has 1 atom stereocenters. The van der Waals surface area contributed by atoms with Crippen LogP contribution in [0, 0.1) is 0 Å². The zero-order valence-corrected chi connectivity index (χ0v) is 17.9. The zero-order chi connectivity index (χ0) is 21.5. The number of sulfonamides is 1. The predicted octanol–water partition coefficient (Wildman–Crippen LogP) is 3.06. The Morgan fingerprint density at radius 1 is 1.00 bits per heavy atom. The summed E-state index contributed by atoms with van der Waals surface area (Å²) in [6.07, 6.45) is 2.04. The predicted molar refractivity (Wildman–Crippen MR) is 115 cm³/mol. The molecule has 2 aromatic carbocycles. The van der Waals surface area contributed by atoms with E-state index in [0.717, 1.165) is 11.1 Å². The first-order valence-electron chi connectivity index (χ1n) is 9.33. The van der Waals surface area contributed by atoms with E-state index in [9.17, 15) is 13.5 Å². The molecule has 0 aromatic heterocycles. The van der Waals surface area contributed by atoms with E-state index in [0.29, 0.717) is 11.5 Å². The molecule has 0 heterocycles. The summed E-state index contributed by atoms with van der Waals surface area (Å²) in [7, 11) is -0.619. The molecule has 6 nitrogen and oxygen atoms in total. The molecule has 0 aliphatic carbocycles. The summed E-state index contributed by atoms with van der Waals surface area (Å²) in [6.45, 7) is 5.19. The van der Waals surface area contributed by atoms with Crippen LogP contribution in [0.5, 0.6) is 11.5 Å². The van der Waals surface area contributed by atoms with Crippen molar-refractivity contribution in [1.82, 2.24) is 4.72 Å². The lowest BCUT2D eigenvalue weighted by atomic mass is 9.96. The molecule has 7 heteroatoms. The van der Waals surface area contributed by atoms with Crippen LogP contribution in [-0.2, 0) is 22.9 Å². The highest BCUT2D eigenvalue weighted by molar-refractivity contribution is 7.90. The molecule has 0 fully saturated rings. The number of ether oxygens (including phenoxy) is 2. The van der Waals surface area contributed by atoms with Crippen molar-refractivity contribution in [2.45, 2.75) is 37.2 Å². The lowest BCUT2D eigenvalue weighted by Crippen LogP contribution is -2.53. The number of nitrogens with one attached hydrogen (secondary N) is 1. The quantitative estimate of drug-likeness (QED) is 0.432. The van der Waals surface area contributed by atoms with Crippen LogP contribution in [0.4, 0.5) is 0 Å². The van der Waals surface area contributed by atoms with Crippen molar-refractivity contribution < 1.29 is 23.0 Å².